The smallest absolute Gasteiger partial charge is 0.355 e. The summed E-state index contributed by atoms with van der Waals surface area (Å²) in [5.41, 5.74) is 7.88. The van der Waals surface area contributed by atoms with Crippen molar-refractivity contribution in [3.8, 4) is 44.2 Å². The first-order valence-electron chi connectivity index (χ1n) is 19.4. The molecular formula is C41H36N10O9S4. The van der Waals surface area contributed by atoms with E-state index < -0.39 is 54.4 Å². The second kappa shape index (κ2) is 18.6. The zero-order valence-electron chi connectivity index (χ0n) is 33.5. The Morgan fingerprint density at radius 2 is 1.56 bits per heavy atom. The number of aryl methyl sites for hydroxylation is 1. The van der Waals surface area contributed by atoms with E-state index >= 15 is 0 Å². The number of aliphatic hydroxyl groups excluding tert-OH is 1. The van der Waals surface area contributed by atoms with Crippen LogP contribution in [0, 0.1) is 12.8 Å². The number of aromatic nitrogens is 6. The number of nitrogens with two attached hydrogens (primary N) is 1. The molecule has 0 bridgehead atoms. The lowest BCUT2D eigenvalue weighted by atomic mass is 10.0. The van der Waals surface area contributed by atoms with Crippen molar-refractivity contribution in [1.82, 2.24) is 45.9 Å². The van der Waals surface area contributed by atoms with Gasteiger partial charge in [0, 0.05) is 27.9 Å². The number of hydrogen-bond acceptors (Lipinski definition) is 18. The van der Waals surface area contributed by atoms with Crippen LogP contribution in [0.2, 0.25) is 0 Å². The van der Waals surface area contributed by atoms with Crippen molar-refractivity contribution >= 4 is 75.0 Å². The van der Waals surface area contributed by atoms with Crippen LogP contribution >= 0.6 is 45.3 Å². The number of aliphatic carboxylic acids is 1. The molecule has 0 saturated carbocycles. The number of amides is 3. The summed E-state index contributed by atoms with van der Waals surface area (Å²) in [7, 11) is 0. The number of nitrogens with zero attached hydrogens (tertiary/aromatic N) is 6. The number of carbonyl (C=O) groups is 5. The second-order valence-corrected chi connectivity index (χ2v) is 18.2. The summed E-state index contributed by atoms with van der Waals surface area (Å²) in [6.45, 7) is 3.57. The van der Waals surface area contributed by atoms with Gasteiger partial charge in [-0.2, -0.15) is 0 Å². The molecular weight excluding hydrogens is 905 g/mol. The van der Waals surface area contributed by atoms with Gasteiger partial charge < -0.3 is 36.1 Å². The highest BCUT2D eigenvalue weighted by molar-refractivity contribution is 7.14. The van der Waals surface area contributed by atoms with Crippen LogP contribution in [0.1, 0.15) is 84.7 Å². The summed E-state index contributed by atoms with van der Waals surface area (Å²) in [4.78, 5) is 90.5. The minimum absolute atomic E-state index is 0.00411. The van der Waals surface area contributed by atoms with E-state index in [-0.39, 0.29) is 52.1 Å². The Bertz CT molecular complexity index is 2890. The number of aromatic carboxylic acids is 1. The highest BCUT2D eigenvalue weighted by Gasteiger charge is 2.33. The van der Waals surface area contributed by atoms with Crippen LogP contribution in [0.25, 0.3) is 44.2 Å². The van der Waals surface area contributed by atoms with Gasteiger partial charge in [0.15, 0.2) is 11.4 Å². The highest BCUT2D eigenvalue weighted by atomic mass is 32.1. The van der Waals surface area contributed by atoms with Crippen LogP contribution in [0.4, 0.5) is 0 Å². The number of carboxylic acids is 2. The standard InChI is InChI=1S/C41H36N10O9S4/c1-17-10-29(53)50-30(17)39-48-26(15-64-39)38-46-24(13-61-38)32-20(8-9-21(43-32)36-49-27(16-63-36)41(58)59)35-51-31(18(2)60-35)34(55)44-22(12-28(42)52)37-47-25(14-62-37)33(54)45-23(40(56)57)11-19-6-4-3-5-7-19/h3-9,13-17,22-23,29-30,50,53H,10-12H2,1-2H3,(H2,42,52)(H,44,55)(H,45,54)(H,56,57)(H,58,59). The summed E-state index contributed by atoms with van der Waals surface area (Å²) < 4.78 is 6.07. The van der Waals surface area contributed by atoms with Gasteiger partial charge in [-0.15, -0.1) is 45.3 Å². The number of rotatable bonds is 16. The normalized spacial score (nSPS) is 16.9. The second-order valence-electron chi connectivity index (χ2n) is 14.7. The fraction of sp³-hybridized carbons (Fsp3) is 0.244. The Hall–Kier alpha value is -6.63. The molecule has 1 fully saturated rings. The molecule has 8 rings (SSSR count). The molecule has 64 heavy (non-hydrogen) atoms. The summed E-state index contributed by atoms with van der Waals surface area (Å²) in [6, 6.07) is 9.61. The van der Waals surface area contributed by atoms with Crippen LogP contribution < -0.4 is 21.7 Å². The number of nitrogens with one attached hydrogen (secondary N) is 3. The van der Waals surface area contributed by atoms with Crippen LogP contribution in [0.15, 0.2) is 68.4 Å². The molecule has 1 aromatic carbocycles. The first kappa shape index (κ1) is 44.0. The van der Waals surface area contributed by atoms with E-state index in [9.17, 15) is 39.3 Å². The molecule has 23 heteroatoms. The molecule has 7 heterocycles. The summed E-state index contributed by atoms with van der Waals surface area (Å²) >= 11 is 4.85. The predicted molar refractivity (Wildman–Crippen MR) is 236 cm³/mol. The molecule has 8 N–H and O–H groups in total. The Labute approximate surface area is 378 Å². The molecule has 328 valence electrons. The third-order valence-electron chi connectivity index (χ3n) is 10.0. The molecule has 0 aliphatic carbocycles. The van der Waals surface area contributed by atoms with Crippen molar-refractivity contribution in [2.75, 3.05) is 0 Å². The Balaban J connectivity index is 1.06. The molecule has 3 amide bonds. The lowest BCUT2D eigenvalue weighted by Crippen LogP contribution is -2.42. The molecule has 6 aromatic heterocycles. The van der Waals surface area contributed by atoms with Crippen molar-refractivity contribution in [3.05, 3.63) is 102 Å². The maximum Gasteiger partial charge on any atom is 0.355 e. The first-order valence-corrected chi connectivity index (χ1v) is 22.9. The number of benzene rings is 1. The Kier molecular flexibility index (Phi) is 12.8. The molecule has 5 atom stereocenters. The molecule has 7 aromatic rings. The van der Waals surface area contributed by atoms with Crippen molar-refractivity contribution in [2.24, 2.45) is 11.7 Å². The fourth-order valence-electron chi connectivity index (χ4n) is 6.89. The Morgan fingerprint density at radius 3 is 2.27 bits per heavy atom. The van der Waals surface area contributed by atoms with E-state index in [0.717, 1.165) is 27.7 Å². The van der Waals surface area contributed by atoms with E-state index in [4.69, 9.17) is 25.1 Å². The van der Waals surface area contributed by atoms with E-state index in [2.05, 4.69) is 30.9 Å². The average molecular weight is 941 g/mol. The first-order chi connectivity index (χ1) is 30.7. The van der Waals surface area contributed by atoms with Crippen molar-refractivity contribution < 1.29 is 43.7 Å². The van der Waals surface area contributed by atoms with Gasteiger partial charge in [-0.05, 0) is 37.0 Å². The van der Waals surface area contributed by atoms with Gasteiger partial charge in [0.25, 0.3) is 11.8 Å². The van der Waals surface area contributed by atoms with Gasteiger partial charge in [0.05, 0.1) is 29.8 Å². The van der Waals surface area contributed by atoms with E-state index in [0.29, 0.717) is 50.3 Å². The quantitative estimate of drug-likeness (QED) is 0.0644. The molecule has 5 unspecified atom stereocenters. The zero-order chi connectivity index (χ0) is 45.2. The van der Waals surface area contributed by atoms with E-state index in [1.54, 1.807) is 47.8 Å². The van der Waals surface area contributed by atoms with Crippen molar-refractivity contribution in [1.29, 1.82) is 0 Å². The number of thiazole rings is 4. The van der Waals surface area contributed by atoms with E-state index in [1.165, 1.54) is 40.4 Å². The van der Waals surface area contributed by atoms with Gasteiger partial charge in [0.2, 0.25) is 11.8 Å². The molecule has 0 spiro atoms. The summed E-state index contributed by atoms with van der Waals surface area (Å²) in [6.07, 6.45) is -0.364. The van der Waals surface area contributed by atoms with E-state index in [1.807, 2.05) is 12.3 Å². The fourth-order valence-corrected chi connectivity index (χ4v) is 10.3. The largest absolute Gasteiger partial charge is 0.480 e. The molecule has 1 aliphatic heterocycles. The highest BCUT2D eigenvalue weighted by Crippen LogP contribution is 2.39. The van der Waals surface area contributed by atoms with Crippen LogP contribution in [-0.2, 0) is 16.0 Å². The number of carbonyl (C=O) groups excluding carboxylic acids is 3. The lowest BCUT2D eigenvalue weighted by Gasteiger charge is -2.15. The third kappa shape index (κ3) is 9.63. The predicted octanol–water partition coefficient (Wildman–Crippen LogP) is 5.33. The van der Waals surface area contributed by atoms with Gasteiger partial charge in [-0.1, -0.05) is 37.3 Å². The number of primary amides is 1. The van der Waals surface area contributed by atoms with Gasteiger partial charge in [0.1, 0.15) is 60.8 Å². The minimum Gasteiger partial charge on any atom is -0.480 e. The third-order valence-corrected chi connectivity index (χ3v) is 13.6. The van der Waals surface area contributed by atoms with Gasteiger partial charge in [-0.25, -0.2) is 39.5 Å². The zero-order valence-corrected chi connectivity index (χ0v) is 36.8. The maximum absolute atomic E-state index is 13.9. The van der Waals surface area contributed by atoms with Gasteiger partial charge >= 0.3 is 11.9 Å². The Morgan fingerprint density at radius 1 is 0.828 bits per heavy atom. The van der Waals surface area contributed by atoms with Crippen LogP contribution in [0.5, 0.6) is 0 Å². The lowest BCUT2D eigenvalue weighted by molar-refractivity contribution is -0.139. The molecule has 0 radical (unpaired) electrons. The van der Waals surface area contributed by atoms with Crippen LogP contribution in [0.3, 0.4) is 0 Å². The molecule has 19 nitrogen and oxygen atoms in total. The van der Waals surface area contributed by atoms with Crippen molar-refractivity contribution in [2.45, 2.75) is 57.5 Å². The summed E-state index contributed by atoms with van der Waals surface area (Å²) in [5.74, 6) is -4.43. The molecule has 1 saturated heterocycles. The number of pyridine rings is 1. The number of hydrogen-bond donors (Lipinski definition) is 7. The molecule has 1 aliphatic rings. The topological polar surface area (TPSA) is 299 Å². The van der Waals surface area contributed by atoms with Crippen molar-refractivity contribution in [3.63, 3.8) is 0 Å². The van der Waals surface area contributed by atoms with Gasteiger partial charge in [-0.3, -0.25) is 19.7 Å². The number of carboxylic acid groups (broad SMARTS) is 2. The monoisotopic (exact) mass is 940 g/mol. The minimum atomic E-state index is -1.25. The average Bonchev–Trinajstić information content (AvgIpc) is 4.12. The number of aliphatic hydroxyl groups is 1. The van der Waals surface area contributed by atoms with Crippen LogP contribution in [-0.4, -0.2) is 87.2 Å². The SMILES string of the molecule is Cc1oc(-c2ccc(-c3nc(C(=O)O)cs3)nc2-c2csc(-c3csc(C4NC(O)CC4C)n3)n2)nc1C(=O)NC(CC(N)=O)c1nc(C(=O)NC(Cc2ccccc2)C(=O)O)cs1. The number of oxazole rings is 1. The maximum atomic E-state index is 13.9. The summed E-state index contributed by atoms with van der Waals surface area (Å²) in [5, 5.41) is 46.1.